The molecule has 0 bridgehead atoms. The maximum Gasteiger partial charge on any atom is 0.0112 e. The molecule has 1 saturated heterocycles. The molecule has 1 heterocycles. The first-order chi connectivity index (χ1) is 7.30. The summed E-state index contributed by atoms with van der Waals surface area (Å²) in [4.78, 5) is 2.54. The highest BCUT2D eigenvalue weighted by molar-refractivity contribution is 4.82. The Morgan fingerprint density at radius 3 is 2.50 bits per heavy atom. The van der Waals surface area contributed by atoms with Crippen LogP contribution in [0, 0.1) is 11.3 Å². The lowest BCUT2D eigenvalue weighted by Crippen LogP contribution is -2.45. The Labute approximate surface area is 102 Å². The van der Waals surface area contributed by atoms with Gasteiger partial charge in [0.2, 0.25) is 0 Å². The zero-order valence-corrected chi connectivity index (χ0v) is 12.0. The second-order valence-corrected chi connectivity index (χ2v) is 6.73. The van der Waals surface area contributed by atoms with Crippen molar-refractivity contribution < 1.29 is 0 Å². The van der Waals surface area contributed by atoms with E-state index in [2.05, 4.69) is 51.9 Å². The molecular weight excluding hydrogens is 196 g/mol. The van der Waals surface area contributed by atoms with E-state index in [9.17, 15) is 0 Å². The molecule has 0 aliphatic carbocycles. The van der Waals surface area contributed by atoms with Crippen LogP contribution in [-0.2, 0) is 0 Å². The largest absolute Gasteiger partial charge is 0.314 e. The second-order valence-electron chi connectivity index (χ2n) is 6.73. The van der Waals surface area contributed by atoms with Gasteiger partial charge in [0.25, 0.3) is 0 Å². The Morgan fingerprint density at radius 1 is 1.38 bits per heavy atom. The lowest BCUT2D eigenvalue weighted by atomic mass is 9.85. The fourth-order valence-electron chi connectivity index (χ4n) is 2.63. The van der Waals surface area contributed by atoms with E-state index >= 15 is 0 Å². The van der Waals surface area contributed by atoms with Crippen LogP contribution in [0.4, 0.5) is 0 Å². The molecule has 16 heavy (non-hydrogen) atoms. The van der Waals surface area contributed by atoms with Crippen LogP contribution < -0.4 is 5.32 Å². The molecule has 0 aromatic heterocycles. The third-order valence-electron chi connectivity index (χ3n) is 4.19. The lowest BCUT2D eigenvalue weighted by molar-refractivity contribution is 0.110. The third kappa shape index (κ3) is 4.06. The standard InChI is InChI=1S/C14H30N2/c1-11-9-13(7-8-15-11)10-16(6)12(2)14(3,4)5/h11-13,15H,7-10H2,1-6H3. The molecule has 2 nitrogen and oxygen atoms in total. The molecule has 0 aromatic rings. The Hall–Kier alpha value is -0.0800. The second kappa shape index (κ2) is 5.50. The highest BCUT2D eigenvalue weighted by atomic mass is 15.1. The summed E-state index contributed by atoms with van der Waals surface area (Å²) < 4.78 is 0. The third-order valence-corrected chi connectivity index (χ3v) is 4.19. The van der Waals surface area contributed by atoms with E-state index in [1.807, 2.05) is 0 Å². The fraction of sp³-hybridized carbons (Fsp3) is 1.00. The van der Waals surface area contributed by atoms with Gasteiger partial charge in [0.1, 0.15) is 0 Å². The number of nitrogens with one attached hydrogen (secondary N) is 1. The number of hydrogen-bond acceptors (Lipinski definition) is 2. The minimum Gasteiger partial charge on any atom is -0.314 e. The van der Waals surface area contributed by atoms with E-state index in [0.717, 1.165) is 5.92 Å². The lowest BCUT2D eigenvalue weighted by Gasteiger charge is -2.39. The zero-order valence-electron chi connectivity index (χ0n) is 12.0. The molecule has 3 atom stereocenters. The topological polar surface area (TPSA) is 15.3 Å². The quantitative estimate of drug-likeness (QED) is 0.796. The minimum atomic E-state index is 0.382. The minimum absolute atomic E-state index is 0.382. The molecular formula is C14H30N2. The first kappa shape index (κ1) is 14.0. The summed E-state index contributed by atoms with van der Waals surface area (Å²) in [5.41, 5.74) is 0.382. The van der Waals surface area contributed by atoms with Gasteiger partial charge in [-0.15, -0.1) is 0 Å². The molecule has 1 rings (SSSR count). The van der Waals surface area contributed by atoms with Gasteiger partial charge in [-0.2, -0.15) is 0 Å². The van der Waals surface area contributed by atoms with E-state index < -0.39 is 0 Å². The van der Waals surface area contributed by atoms with Crippen molar-refractivity contribution in [2.45, 2.75) is 59.5 Å². The first-order valence-electron chi connectivity index (χ1n) is 6.74. The van der Waals surface area contributed by atoms with Gasteiger partial charge in [0.05, 0.1) is 0 Å². The molecule has 0 spiro atoms. The monoisotopic (exact) mass is 226 g/mol. The Morgan fingerprint density at radius 2 is 2.00 bits per heavy atom. The molecule has 3 unspecified atom stereocenters. The Kier molecular flexibility index (Phi) is 4.81. The van der Waals surface area contributed by atoms with E-state index in [4.69, 9.17) is 0 Å². The van der Waals surface area contributed by atoms with E-state index in [0.29, 0.717) is 17.5 Å². The molecule has 1 aliphatic heterocycles. The number of rotatable bonds is 3. The number of nitrogens with zero attached hydrogens (tertiary/aromatic N) is 1. The van der Waals surface area contributed by atoms with Crippen LogP contribution in [0.3, 0.4) is 0 Å². The highest BCUT2D eigenvalue weighted by Crippen LogP contribution is 2.25. The Bertz CT molecular complexity index is 207. The predicted octanol–water partition coefficient (Wildman–Crippen LogP) is 2.74. The van der Waals surface area contributed by atoms with Gasteiger partial charge < -0.3 is 10.2 Å². The fourth-order valence-corrected chi connectivity index (χ4v) is 2.63. The highest BCUT2D eigenvalue weighted by Gasteiger charge is 2.27. The van der Waals surface area contributed by atoms with Crippen molar-refractivity contribution in [2.24, 2.45) is 11.3 Å². The molecule has 0 amide bonds. The van der Waals surface area contributed by atoms with Gasteiger partial charge in [-0.3, -0.25) is 0 Å². The van der Waals surface area contributed by atoms with Crippen molar-refractivity contribution in [3.8, 4) is 0 Å². The van der Waals surface area contributed by atoms with Crippen LogP contribution in [0.15, 0.2) is 0 Å². The molecule has 0 radical (unpaired) electrons. The first-order valence-corrected chi connectivity index (χ1v) is 6.74. The van der Waals surface area contributed by atoms with Crippen LogP contribution in [0.5, 0.6) is 0 Å². The van der Waals surface area contributed by atoms with Crippen molar-refractivity contribution in [2.75, 3.05) is 20.1 Å². The van der Waals surface area contributed by atoms with Gasteiger partial charge >= 0.3 is 0 Å². The SMILES string of the molecule is CC1CC(CN(C)C(C)C(C)(C)C)CCN1. The van der Waals surface area contributed by atoms with Crippen molar-refractivity contribution in [3.05, 3.63) is 0 Å². The van der Waals surface area contributed by atoms with Crippen LogP contribution in [0.2, 0.25) is 0 Å². The summed E-state index contributed by atoms with van der Waals surface area (Å²) in [6, 6.07) is 1.36. The summed E-state index contributed by atoms with van der Waals surface area (Å²) in [7, 11) is 2.28. The van der Waals surface area contributed by atoms with Gasteiger partial charge in [0, 0.05) is 18.6 Å². The normalized spacial score (nSPS) is 29.4. The van der Waals surface area contributed by atoms with Crippen molar-refractivity contribution in [1.82, 2.24) is 10.2 Å². The van der Waals surface area contributed by atoms with Crippen LogP contribution in [-0.4, -0.2) is 37.1 Å². The summed E-state index contributed by atoms with van der Waals surface area (Å²) in [5, 5.41) is 3.53. The van der Waals surface area contributed by atoms with E-state index in [-0.39, 0.29) is 0 Å². The summed E-state index contributed by atoms with van der Waals surface area (Å²) in [5.74, 6) is 0.881. The predicted molar refractivity (Wildman–Crippen MR) is 71.7 cm³/mol. The zero-order chi connectivity index (χ0) is 12.3. The van der Waals surface area contributed by atoms with Gasteiger partial charge in [-0.25, -0.2) is 0 Å². The molecule has 2 heteroatoms. The summed E-state index contributed by atoms with van der Waals surface area (Å²) in [6.07, 6.45) is 2.67. The molecule has 1 aliphatic rings. The average molecular weight is 226 g/mol. The molecule has 0 saturated carbocycles. The summed E-state index contributed by atoms with van der Waals surface area (Å²) in [6.45, 7) is 14.1. The maximum atomic E-state index is 3.53. The van der Waals surface area contributed by atoms with Gasteiger partial charge in [-0.1, -0.05) is 20.8 Å². The molecule has 0 aromatic carbocycles. The van der Waals surface area contributed by atoms with Crippen molar-refractivity contribution >= 4 is 0 Å². The Balaban J connectivity index is 2.41. The summed E-state index contributed by atoms with van der Waals surface area (Å²) >= 11 is 0. The van der Waals surface area contributed by atoms with Gasteiger partial charge in [0.15, 0.2) is 0 Å². The number of hydrogen-bond donors (Lipinski definition) is 1. The van der Waals surface area contributed by atoms with Crippen molar-refractivity contribution in [1.29, 1.82) is 0 Å². The van der Waals surface area contributed by atoms with Crippen molar-refractivity contribution in [3.63, 3.8) is 0 Å². The number of piperidine rings is 1. The molecule has 1 N–H and O–H groups in total. The van der Waals surface area contributed by atoms with Gasteiger partial charge in [-0.05, 0) is 51.6 Å². The van der Waals surface area contributed by atoms with Crippen LogP contribution >= 0.6 is 0 Å². The van der Waals surface area contributed by atoms with Crippen LogP contribution in [0.1, 0.15) is 47.5 Å². The van der Waals surface area contributed by atoms with E-state index in [1.54, 1.807) is 0 Å². The van der Waals surface area contributed by atoms with E-state index in [1.165, 1.54) is 25.9 Å². The average Bonchev–Trinajstić information content (AvgIpc) is 2.15. The maximum absolute atomic E-state index is 3.53. The van der Waals surface area contributed by atoms with Crippen LogP contribution in [0.25, 0.3) is 0 Å². The molecule has 96 valence electrons. The smallest absolute Gasteiger partial charge is 0.0112 e. The molecule has 1 fully saturated rings.